The highest BCUT2D eigenvalue weighted by atomic mass is 32.2. The third kappa shape index (κ3) is 7.83. The number of halogens is 1. The van der Waals surface area contributed by atoms with Crippen LogP contribution in [0.4, 0.5) is 9.18 Å². The average molecular weight is 490 g/mol. The van der Waals surface area contributed by atoms with Gasteiger partial charge in [0.15, 0.2) is 9.84 Å². The van der Waals surface area contributed by atoms with E-state index < -0.39 is 28.2 Å². The van der Waals surface area contributed by atoms with Crippen molar-refractivity contribution in [2.45, 2.75) is 70.4 Å². The SMILES string of the molecule is CC(C)(C)OC(=O)NC1CCc2ccc(CCS(=O)(=O)CCCF)cc2C1Cc1ccccc1. The molecule has 0 bridgehead atoms. The van der Waals surface area contributed by atoms with E-state index >= 15 is 0 Å². The van der Waals surface area contributed by atoms with E-state index in [9.17, 15) is 17.6 Å². The summed E-state index contributed by atoms with van der Waals surface area (Å²) in [6.45, 7) is 4.92. The number of hydrogen-bond donors (Lipinski definition) is 1. The predicted octanol–water partition coefficient (Wildman–Crippen LogP) is 5.17. The van der Waals surface area contributed by atoms with Gasteiger partial charge in [0.1, 0.15) is 5.60 Å². The maximum atomic E-state index is 12.6. The van der Waals surface area contributed by atoms with Crippen molar-refractivity contribution in [1.29, 1.82) is 0 Å². The van der Waals surface area contributed by atoms with Crippen molar-refractivity contribution in [1.82, 2.24) is 5.32 Å². The molecule has 0 saturated carbocycles. The number of rotatable bonds is 9. The van der Waals surface area contributed by atoms with Crippen LogP contribution in [0.2, 0.25) is 0 Å². The van der Waals surface area contributed by atoms with Gasteiger partial charge in [0.25, 0.3) is 0 Å². The lowest BCUT2D eigenvalue weighted by molar-refractivity contribution is 0.0491. The van der Waals surface area contributed by atoms with Gasteiger partial charge >= 0.3 is 6.09 Å². The molecule has 5 nitrogen and oxygen atoms in total. The number of ether oxygens (including phenoxy) is 1. The van der Waals surface area contributed by atoms with Crippen molar-refractivity contribution < 1.29 is 22.3 Å². The van der Waals surface area contributed by atoms with E-state index in [1.54, 1.807) is 0 Å². The number of sulfone groups is 1. The Balaban J connectivity index is 1.84. The van der Waals surface area contributed by atoms with Gasteiger partial charge < -0.3 is 10.1 Å². The summed E-state index contributed by atoms with van der Waals surface area (Å²) in [5.74, 6) is -0.0661. The summed E-state index contributed by atoms with van der Waals surface area (Å²) < 4.78 is 42.4. The minimum atomic E-state index is -3.28. The van der Waals surface area contributed by atoms with Crippen molar-refractivity contribution >= 4 is 15.9 Å². The molecular formula is C27H36FNO4S. The van der Waals surface area contributed by atoms with E-state index in [1.807, 2.05) is 45.0 Å². The number of nitrogens with one attached hydrogen (secondary N) is 1. The maximum absolute atomic E-state index is 12.6. The van der Waals surface area contributed by atoms with Crippen molar-refractivity contribution in [3.63, 3.8) is 0 Å². The van der Waals surface area contributed by atoms with E-state index in [4.69, 9.17) is 4.74 Å². The lowest BCUT2D eigenvalue weighted by atomic mass is 9.75. The van der Waals surface area contributed by atoms with Crippen LogP contribution in [0.15, 0.2) is 48.5 Å². The zero-order valence-electron chi connectivity index (χ0n) is 20.3. The molecule has 186 valence electrons. The van der Waals surface area contributed by atoms with Gasteiger partial charge in [-0.15, -0.1) is 0 Å². The second-order valence-electron chi connectivity index (χ2n) is 10.1. The van der Waals surface area contributed by atoms with Gasteiger partial charge in [0.2, 0.25) is 0 Å². The van der Waals surface area contributed by atoms with Gasteiger partial charge in [-0.3, -0.25) is 4.39 Å². The first-order valence-electron chi connectivity index (χ1n) is 12.0. The summed E-state index contributed by atoms with van der Waals surface area (Å²) in [6.07, 6.45) is 2.41. The van der Waals surface area contributed by atoms with Crippen molar-refractivity contribution in [3.05, 3.63) is 70.8 Å². The van der Waals surface area contributed by atoms with Gasteiger partial charge in [-0.05, 0) is 75.1 Å². The largest absolute Gasteiger partial charge is 0.444 e. The van der Waals surface area contributed by atoms with Crippen molar-refractivity contribution in [2.24, 2.45) is 0 Å². The predicted molar refractivity (Wildman–Crippen MR) is 134 cm³/mol. The van der Waals surface area contributed by atoms with Crippen molar-refractivity contribution in [3.8, 4) is 0 Å². The Morgan fingerprint density at radius 1 is 1.09 bits per heavy atom. The van der Waals surface area contributed by atoms with Crippen LogP contribution < -0.4 is 5.32 Å². The van der Waals surface area contributed by atoms with Crippen LogP contribution in [0.25, 0.3) is 0 Å². The fourth-order valence-corrected chi connectivity index (χ4v) is 5.80. The summed E-state index contributed by atoms with van der Waals surface area (Å²) in [4.78, 5) is 12.6. The lowest BCUT2D eigenvalue weighted by Gasteiger charge is -2.35. The lowest BCUT2D eigenvalue weighted by Crippen LogP contribution is -2.44. The number of aryl methyl sites for hydroxylation is 2. The summed E-state index contributed by atoms with van der Waals surface area (Å²) in [7, 11) is -3.28. The topological polar surface area (TPSA) is 72.5 Å². The number of benzene rings is 2. The number of fused-ring (bicyclic) bond motifs is 1. The molecule has 0 heterocycles. The highest BCUT2D eigenvalue weighted by molar-refractivity contribution is 7.91. The quantitative estimate of drug-likeness (QED) is 0.528. The summed E-state index contributed by atoms with van der Waals surface area (Å²) in [5, 5.41) is 3.09. The monoisotopic (exact) mass is 489 g/mol. The van der Waals surface area contributed by atoms with Crippen molar-refractivity contribution in [2.75, 3.05) is 18.2 Å². The second kappa shape index (κ2) is 11.3. The molecule has 0 saturated heterocycles. The molecule has 1 N–H and O–H groups in total. The molecule has 1 aliphatic rings. The Hall–Kier alpha value is -2.41. The van der Waals surface area contributed by atoms with Crippen LogP contribution in [0, 0.1) is 0 Å². The van der Waals surface area contributed by atoms with E-state index in [0.717, 1.165) is 30.4 Å². The molecule has 1 amide bonds. The number of amides is 1. The molecule has 7 heteroatoms. The summed E-state index contributed by atoms with van der Waals surface area (Å²) >= 11 is 0. The Bertz CT molecular complexity index is 1060. The van der Waals surface area contributed by atoms with E-state index in [1.165, 1.54) is 11.1 Å². The van der Waals surface area contributed by atoms with E-state index in [2.05, 4.69) is 29.6 Å². The molecule has 2 atom stereocenters. The smallest absolute Gasteiger partial charge is 0.407 e. The van der Waals surface area contributed by atoms with Crippen LogP contribution in [0.5, 0.6) is 0 Å². The molecule has 34 heavy (non-hydrogen) atoms. The molecule has 0 aliphatic heterocycles. The zero-order valence-corrected chi connectivity index (χ0v) is 21.2. The third-order valence-corrected chi connectivity index (χ3v) is 7.85. The standard InChI is InChI=1S/C27H36FNO4S/c1-27(2,3)33-26(30)29-25-13-12-22-11-10-21(14-17-34(31,32)16-7-15-28)18-23(22)24(25)19-20-8-5-4-6-9-20/h4-6,8-11,18,24-25H,7,12-17,19H2,1-3H3,(H,29,30). The number of carbonyl (C=O) groups excluding carboxylic acids is 1. The molecule has 2 aromatic rings. The van der Waals surface area contributed by atoms with E-state index in [-0.39, 0.29) is 29.9 Å². The van der Waals surface area contributed by atoms with Crippen LogP contribution in [0.1, 0.15) is 61.8 Å². The second-order valence-corrected chi connectivity index (χ2v) is 12.4. The number of hydrogen-bond acceptors (Lipinski definition) is 4. The molecule has 2 aromatic carbocycles. The summed E-state index contributed by atoms with van der Waals surface area (Å²) in [5.41, 5.74) is 3.92. The average Bonchev–Trinajstić information content (AvgIpc) is 2.77. The first kappa shape index (κ1) is 26.2. The summed E-state index contributed by atoms with van der Waals surface area (Å²) in [6, 6.07) is 16.2. The van der Waals surface area contributed by atoms with Crippen LogP contribution in [-0.4, -0.2) is 44.3 Å². The first-order valence-corrected chi connectivity index (χ1v) is 13.8. The first-order chi connectivity index (χ1) is 16.1. The number of alkyl carbamates (subject to hydrolysis) is 1. The molecule has 0 aromatic heterocycles. The fourth-order valence-electron chi connectivity index (χ4n) is 4.50. The molecule has 0 fully saturated rings. The number of carbonyl (C=O) groups is 1. The molecule has 2 unspecified atom stereocenters. The van der Waals surface area contributed by atoms with Gasteiger partial charge in [-0.2, -0.15) is 0 Å². The van der Waals surface area contributed by atoms with Gasteiger partial charge in [-0.1, -0.05) is 48.5 Å². The maximum Gasteiger partial charge on any atom is 0.407 e. The van der Waals surface area contributed by atoms with E-state index in [0.29, 0.717) is 6.42 Å². The highest BCUT2D eigenvalue weighted by Crippen LogP contribution is 2.35. The highest BCUT2D eigenvalue weighted by Gasteiger charge is 2.32. The number of alkyl halides is 1. The normalized spacial score (nSPS) is 18.2. The Labute approximate surface area is 203 Å². The Kier molecular flexibility index (Phi) is 8.74. The Morgan fingerprint density at radius 2 is 1.82 bits per heavy atom. The molecular weight excluding hydrogens is 453 g/mol. The molecule has 0 radical (unpaired) electrons. The molecule has 0 spiro atoms. The fraction of sp³-hybridized carbons (Fsp3) is 0.519. The minimum Gasteiger partial charge on any atom is -0.444 e. The van der Waals surface area contributed by atoms with Crippen LogP contribution in [0.3, 0.4) is 0 Å². The Morgan fingerprint density at radius 3 is 2.50 bits per heavy atom. The third-order valence-electron chi connectivity index (χ3n) is 6.11. The minimum absolute atomic E-state index is 0.00866. The van der Waals surface area contributed by atoms with Crippen LogP contribution in [-0.2, 0) is 33.8 Å². The van der Waals surface area contributed by atoms with Crippen LogP contribution >= 0.6 is 0 Å². The van der Waals surface area contributed by atoms with Gasteiger partial charge in [-0.25, -0.2) is 13.2 Å². The molecule has 3 rings (SSSR count). The molecule has 1 aliphatic carbocycles. The van der Waals surface area contributed by atoms with Gasteiger partial charge in [0.05, 0.1) is 18.2 Å². The van der Waals surface area contributed by atoms with Gasteiger partial charge in [0, 0.05) is 12.0 Å². The zero-order chi connectivity index (χ0) is 24.8.